The fourth-order valence-corrected chi connectivity index (χ4v) is 3.61. The van der Waals surface area contributed by atoms with Crippen LogP contribution in [-0.4, -0.2) is 40.0 Å². The summed E-state index contributed by atoms with van der Waals surface area (Å²) in [5.41, 5.74) is 8.33. The smallest absolute Gasteiger partial charge is 0.272 e. The molecule has 1 fully saturated rings. The highest BCUT2D eigenvalue weighted by Crippen LogP contribution is 2.22. The number of carbonyl (C=O) groups excluding carboxylic acids is 2. The molecule has 2 unspecified atom stereocenters. The van der Waals surface area contributed by atoms with Gasteiger partial charge in [-0.3, -0.25) is 9.59 Å². The molecule has 3 heterocycles. The standard InChI is InChI=1S/C19H23N5O2/c1-12-2-5-14(6-3-12)24-9-8-15(19(24)26)22-18(25)16-11-23-10-13(20)4-7-17(23)21-16/h2-3,5-6,11,13,15H,4,7-10,20H2,1H3,(H,22,25). The minimum Gasteiger partial charge on any atom is -0.339 e. The summed E-state index contributed by atoms with van der Waals surface area (Å²) in [5.74, 6) is 0.508. The quantitative estimate of drug-likeness (QED) is 0.861. The zero-order valence-electron chi connectivity index (χ0n) is 14.8. The van der Waals surface area contributed by atoms with Crippen LogP contribution in [0, 0.1) is 6.92 Å². The maximum Gasteiger partial charge on any atom is 0.272 e. The Morgan fingerprint density at radius 2 is 2.04 bits per heavy atom. The van der Waals surface area contributed by atoms with Gasteiger partial charge in [0.15, 0.2) is 0 Å². The first-order valence-electron chi connectivity index (χ1n) is 9.02. The zero-order chi connectivity index (χ0) is 18.3. The average Bonchev–Trinajstić information content (AvgIpc) is 3.20. The zero-order valence-corrected chi connectivity index (χ0v) is 14.8. The Morgan fingerprint density at radius 3 is 2.81 bits per heavy atom. The topological polar surface area (TPSA) is 93.2 Å². The first kappa shape index (κ1) is 16.8. The van der Waals surface area contributed by atoms with Crippen LogP contribution in [0.3, 0.4) is 0 Å². The van der Waals surface area contributed by atoms with Gasteiger partial charge in [-0.05, 0) is 31.9 Å². The van der Waals surface area contributed by atoms with Crippen molar-refractivity contribution in [1.29, 1.82) is 0 Å². The lowest BCUT2D eigenvalue weighted by atomic mass is 10.1. The average molecular weight is 353 g/mol. The van der Waals surface area contributed by atoms with E-state index in [0.717, 1.165) is 29.9 Å². The number of benzene rings is 1. The molecule has 2 amide bonds. The van der Waals surface area contributed by atoms with Crippen molar-refractivity contribution in [2.24, 2.45) is 5.73 Å². The number of rotatable bonds is 3. The van der Waals surface area contributed by atoms with Gasteiger partial charge in [0.1, 0.15) is 17.6 Å². The molecule has 0 spiro atoms. The van der Waals surface area contributed by atoms with Crippen LogP contribution in [-0.2, 0) is 17.8 Å². The van der Waals surface area contributed by atoms with Crippen molar-refractivity contribution in [2.75, 3.05) is 11.4 Å². The van der Waals surface area contributed by atoms with Crippen LogP contribution in [0.5, 0.6) is 0 Å². The van der Waals surface area contributed by atoms with Crippen molar-refractivity contribution in [1.82, 2.24) is 14.9 Å². The Labute approximate surface area is 152 Å². The minimum absolute atomic E-state index is 0.0757. The van der Waals surface area contributed by atoms with E-state index in [1.807, 2.05) is 35.8 Å². The van der Waals surface area contributed by atoms with Gasteiger partial charge in [0.05, 0.1) is 0 Å². The second-order valence-corrected chi connectivity index (χ2v) is 7.13. The number of amides is 2. The van der Waals surface area contributed by atoms with E-state index in [1.165, 1.54) is 0 Å². The number of anilines is 1. The number of imidazole rings is 1. The molecule has 7 nitrogen and oxygen atoms in total. The van der Waals surface area contributed by atoms with E-state index in [0.29, 0.717) is 25.2 Å². The van der Waals surface area contributed by atoms with Gasteiger partial charge in [-0.25, -0.2) is 4.98 Å². The molecule has 0 bridgehead atoms. The van der Waals surface area contributed by atoms with Crippen LogP contribution in [0.1, 0.15) is 34.7 Å². The summed E-state index contributed by atoms with van der Waals surface area (Å²) in [6, 6.07) is 7.43. The van der Waals surface area contributed by atoms with Gasteiger partial charge in [0.2, 0.25) is 5.91 Å². The molecule has 1 saturated heterocycles. The Bertz CT molecular complexity index is 842. The lowest BCUT2D eigenvalue weighted by Crippen LogP contribution is -2.41. The van der Waals surface area contributed by atoms with E-state index >= 15 is 0 Å². The Balaban J connectivity index is 1.44. The molecule has 1 aromatic heterocycles. The van der Waals surface area contributed by atoms with E-state index in [9.17, 15) is 9.59 Å². The number of fused-ring (bicyclic) bond motifs is 1. The molecule has 7 heteroatoms. The molecule has 2 aliphatic rings. The van der Waals surface area contributed by atoms with E-state index in [4.69, 9.17) is 5.73 Å². The molecule has 2 aromatic rings. The van der Waals surface area contributed by atoms with E-state index in [-0.39, 0.29) is 17.9 Å². The first-order valence-corrected chi connectivity index (χ1v) is 9.02. The highest BCUT2D eigenvalue weighted by Gasteiger charge is 2.34. The fourth-order valence-electron chi connectivity index (χ4n) is 3.61. The Hall–Kier alpha value is -2.67. The fraction of sp³-hybridized carbons (Fsp3) is 0.421. The van der Waals surface area contributed by atoms with Gasteiger partial charge < -0.3 is 20.5 Å². The van der Waals surface area contributed by atoms with Crippen LogP contribution in [0.2, 0.25) is 0 Å². The lowest BCUT2D eigenvalue weighted by molar-refractivity contribution is -0.118. The van der Waals surface area contributed by atoms with E-state index in [2.05, 4.69) is 10.3 Å². The molecule has 2 aliphatic heterocycles. The van der Waals surface area contributed by atoms with Crippen LogP contribution in [0.4, 0.5) is 5.69 Å². The number of hydrogen-bond acceptors (Lipinski definition) is 4. The van der Waals surface area contributed by atoms with Crippen molar-refractivity contribution < 1.29 is 9.59 Å². The minimum atomic E-state index is -0.509. The molecule has 2 atom stereocenters. The normalized spacial score (nSPS) is 22.4. The largest absolute Gasteiger partial charge is 0.339 e. The van der Waals surface area contributed by atoms with Crippen molar-refractivity contribution in [3.8, 4) is 0 Å². The SMILES string of the molecule is Cc1ccc(N2CCC(NC(=O)c3cn4c(n3)CCC(N)C4)C2=O)cc1. The van der Waals surface area contributed by atoms with Crippen molar-refractivity contribution in [3.05, 3.63) is 47.5 Å². The van der Waals surface area contributed by atoms with E-state index in [1.54, 1.807) is 11.1 Å². The maximum atomic E-state index is 12.7. The summed E-state index contributed by atoms with van der Waals surface area (Å²) in [7, 11) is 0. The molecule has 26 heavy (non-hydrogen) atoms. The third-order valence-corrected chi connectivity index (χ3v) is 5.12. The van der Waals surface area contributed by atoms with Crippen molar-refractivity contribution >= 4 is 17.5 Å². The Morgan fingerprint density at radius 1 is 1.27 bits per heavy atom. The molecule has 4 rings (SSSR count). The van der Waals surface area contributed by atoms with Gasteiger partial charge in [-0.2, -0.15) is 0 Å². The van der Waals surface area contributed by atoms with Crippen molar-refractivity contribution in [3.63, 3.8) is 0 Å². The van der Waals surface area contributed by atoms with Crippen LogP contribution >= 0.6 is 0 Å². The molecular weight excluding hydrogens is 330 g/mol. The highest BCUT2D eigenvalue weighted by atomic mass is 16.2. The molecular formula is C19H23N5O2. The van der Waals surface area contributed by atoms with Gasteiger partial charge in [0, 0.05) is 37.4 Å². The Kier molecular flexibility index (Phi) is 4.24. The van der Waals surface area contributed by atoms with Gasteiger partial charge in [0.25, 0.3) is 5.91 Å². The van der Waals surface area contributed by atoms with Crippen LogP contribution < -0.4 is 16.0 Å². The molecule has 0 saturated carbocycles. The van der Waals surface area contributed by atoms with Crippen LogP contribution in [0.25, 0.3) is 0 Å². The second-order valence-electron chi connectivity index (χ2n) is 7.13. The second kappa shape index (κ2) is 6.57. The van der Waals surface area contributed by atoms with Gasteiger partial charge in [-0.1, -0.05) is 17.7 Å². The third kappa shape index (κ3) is 3.10. The third-order valence-electron chi connectivity index (χ3n) is 5.12. The summed E-state index contributed by atoms with van der Waals surface area (Å²) in [5, 5.41) is 2.84. The number of carbonyl (C=O) groups is 2. The molecule has 0 radical (unpaired) electrons. The number of nitrogens with zero attached hydrogens (tertiary/aromatic N) is 3. The highest BCUT2D eigenvalue weighted by molar-refractivity contribution is 6.03. The number of hydrogen-bond donors (Lipinski definition) is 2. The predicted molar refractivity (Wildman–Crippen MR) is 97.9 cm³/mol. The molecule has 3 N–H and O–H groups in total. The maximum absolute atomic E-state index is 12.7. The predicted octanol–water partition coefficient (Wildman–Crippen LogP) is 1.00. The monoisotopic (exact) mass is 353 g/mol. The summed E-state index contributed by atoms with van der Waals surface area (Å²) in [6.07, 6.45) is 3.99. The summed E-state index contributed by atoms with van der Waals surface area (Å²) in [6.45, 7) is 3.29. The van der Waals surface area contributed by atoms with Crippen LogP contribution in [0.15, 0.2) is 30.5 Å². The molecule has 136 valence electrons. The number of aromatic nitrogens is 2. The first-order chi connectivity index (χ1) is 12.5. The van der Waals surface area contributed by atoms with Crippen molar-refractivity contribution in [2.45, 2.75) is 44.8 Å². The van der Waals surface area contributed by atoms with Gasteiger partial charge in [-0.15, -0.1) is 0 Å². The van der Waals surface area contributed by atoms with Gasteiger partial charge >= 0.3 is 0 Å². The number of aryl methyl sites for hydroxylation is 2. The summed E-state index contributed by atoms with van der Waals surface area (Å²) in [4.78, 5) is 31.3. The molecule has 1 aromatic carbocycles. The summed E-state index contributed by atoms with van der Waals surface area (Å²) >= 11 is 0. The summed E-state index contributed by atoms with van der Waals surface area (Å²) < 4.78 is 1.94. The lowest BCUT2D eigenvalue weighted by Gasteiger charge is -2.19. The number of nitrogens with one attached hydrogen (secondary N) is 1. The number of nitrogens with two attached hydrogens (primary N) is 1. The molecule has 0 aliphatic carbocycles. The van der Waals surface area contributed by atoms with E-state index < -0.39 is 6.04 Å².